The number of amides is 2. The molecule has 1 heterocycles. The molecule has 1 aliphatic heterocycles. The number of carbonyl (C=O) groups excluding carboxylic acids is 3. The van der Waals surface area contributed by atoms with E-state index in [0.29, 0.717) is 17.0 Å². The highest BCUT2D eigenvalue weighted by Crippen LogP contribution is 2.53. The van der Waals surface area contributed by atoms with Crippen LogP contribution in [0.3, 0.4) is 0 Å². The first kappa shape index (κ1) is 19.7. The van der Waals surface area contributed by atoms with Crippen LogP contribution in [0.1, 0.15) is 43.1 Å². The molecule has 0 radical (unpaired) electrons. The predicted octanol–water partition coefficient (Wildman–Crippen LogP) is 4.51. The summed E-state index contributed by atoms with van der Waals surface area (Å²) in [6.45, 7) is 6.37. The first-order valence-electron chi connectivity index (χ1n) is 10.7. The van der Waals surface area contributed by atoms with E-state index >= 15 is 0 Å². The van der Waals surface area contributed by atoms with Gasteiger partial charge in [0, 0.05) is 0 Å². The molecule has 2 bridgehead atoms. The molecule has 5 nitrogen and oxygen atoms in total. The van der Waals surface area contributed by atoms with Gasteiger partial charge in [-0.05, 0) is 65.6 Å². The smallest absolute Gasteiger partial charge is 0.343 e. The molecule has 2 aromatic rings. The fourth-order valence-corrected chi connectivity index (χ4v) is 5.09. The van der Waals surface area contributed by atoms with Crippen LogP contribution >= 0.6 is 0 Å². The number of ether oxygens (including phenoxy) is 1. The van der Waals surface area contributed by atoms with Crippen LogP contribution in [0.2, 0.25) is 0 Å². The maximum absolute atomic E-state index is 12.9. The SMILES string of the molecule is CC(C)(C)c1ccc(OC(=O)c2ccc(N3C(=O)[C@@H]4[C@H](C3=O)[C@H]3C=C[C@H]4C3)cc2)cc1. The van der Waals surface area contributed by atoms with Gasteiger partial charge in [-0.25, -0.2) is 4.79 Å². The van der Waals surface area contributed by atoms with Gasteiger partial charge in [0.1, 0.15) is 5.75 Å². The maximum atomic E-state index is 12.9. The van der Waals surface area contributed by atoms with E-state index in [0.717, 1.165) is 12.0 Å². The van der Waals surface area contributed by atoms with Crippen LogP contribution in [-0.4, -0.2) is 17.8 Å². The number of carbonyl (C=O) groups is 3. The van der Waals surface area contributed by atoms with Crippen molar-refractivity contribution in [1.29, 1.82) is 0 Å². The molecule has 0 N–H and O–H groups in total. The molecule has 5 rings (SSSR count). The molecule has 0 aromatic heterocycles. The van der Waals surface area contributed by atoms with Crippen LogP contribution in [0.5, 0.6) is 5.75 Å². The Kier molecular flexibility index (Phi) is 4.40. The summed E-state index contributed by atoms with van der Waals surface area (Å²) in [4.78, 5) is 39.7. The molecular weight excluding hydrogens is 390 g/mol. The Morgan fingerprint density at radius 2 is 1.42 bits per heavy atom. The van der Waals surface area contributed by atoms with E-state index in [4.69, 9.17) is 4.74 Å². The van der Waals surface area contributed by atoms with Crippen molar-refractivity contribution in [2.24, 2.45) is 23.7 Å². The van der Waals surface area contributed by atoms with Crippen molar-refractivity contribution in [2.45, 2.75) is 32.6 Å². The van der Waals surface area contributed by atoms with E-state index in [1.165, 1.54) is 4.90 Å². The fourth-order valence-electron chi connectivity index (χ4n) is 5.09. The Hall–Kier alpha value is -3.21. The summed E-state index contributed by atoms with van der Waals surface area (Å²) in [5, 5.41) is 0. The normalized spacial score (nSPS) is 26.5. The molecule has 3 aliphatic rings. The highest BCUT2D eigenvalue weighted by atomic mass is 16.5. The van der Waals surface area contributed by atoms with Gasteiger partial charge in [-0.1, -0.05) is 45.1 Å². The fraction of sp³-hybridized carbons (Fsp3) is 0.346. The number of allylic oxidation sites excluding steroid dienone is 2. The Bertz CT molecular complexity index is 1060. The van der Waals surface area contributed by atoms with Crippen molar-refractivity contribution in [3.05, 3.63) is 71.8 Å². The summed E-state index contributed by atoms with van der Waals surface area (Å²) >= 11 is 0. The molecule has 2 amide bonds. The number of nitrogens with zero attached hydrogens (tertiary/aromatic N) is 1. The number of anilines is 1. The average Bonchev–Trinajstić information content (AvgIpc) is 3.42. The standard InChI is InChI=1S/C26H25NO4/c1-26(2,3)18-8-12-20(13-9-18)31-25(30)15-6-10-19(11-7-15)27-23(28)21-16-4-5-17(14-16)22(21)24(27)29/h4-13,16-17,21-22H,14H2,1-3H3/t16-,17-,21-,22+/m0/s1. The van der Waals surface area contributed by atoms with Crippen LogP contribution in [-0.2, 0) is 15.0 Å². The molecule has 2 aliphatic carbocycles. The third kappa shape index (κ3) is 3.19. The first-order valence-corrected chi connectivity index (χ1v) is 10.7. The summed E-state index contributed by atoms with van der Waals surface area (Å²) in [6, 6.07) is 14.0. The van der Waals surface area contributed by atoms with Gasteiger partial charge < -0.3 is 4.74 Å². The Morgan fingerprint density at radius 1 is 0.871 bits per heavy atom. The number of fused-ring (bicyclic) bond motifs is 5. The molecule has 31 heavy (non-hydrogen) atoms. The highest BCUT2D eigenvalue weighted by Gasteiger charge is 2.59. The second-order valence-electron chi connectivity index (χ2n) is 9.72. The second kappa shape index (κ2) is 6.91. The lowest BCUT2D eigenvalue weighted by atomic mass is 9.85. The van der Waals surface area contributed by atoms with Crippen LogP contribution in [0, 0.1) is 23.7 Å². The number of hydrogen-bond donors (Lipinski definition) is 0. The third-order valence-electron chi connectivity index (χ3n) is 6.76. The number of benzene rings is 2. The van der Waals surface area contributed by atoms with Crippen molar-refractivity contribution in [3.63, 3.8) is 0 Å². The molecular formula is C26H25NO4. The summed E-state index contributed by atoms with van der Waals surface area (Å²) in [5.41, 5.74) is 2.06. The van der Waals surface area contributed by atoms with Crippen molar-refractivity contribution >= 4 is 23.5 Å². The lowest BCUT2D eigenvalue weighted by Gasteiger charge is -2.19. The van der Waals surface area contributed by atoms with Gasteiger partial charge in [-0.2, -0.15) is 0 Å². The minimum Gasteiger partial charge on any atom is -0.423 e. The van der Waals surface area contributed by atoms with E-state index < -0.39 is 5.97 Å². The van der Waals surface area contributed by atoms with Crippen molar-refractivity contribution < 1.29 is 19.1 Å². The zero-order chi connectivity index (χ0) is 21.9. The summed E-state index contributed by atoms with van der Waals surface area (Å²) in [5.74, 6) is -0.365. The number of hydrogen-bond acceptors (Lipinski definition) is 4. The van der Waals surface area contributed by atoms with Crippen LogP contribution in [0.4, 0.5) is 5.69 Å². The van der Waals surface area contributed by atoms with Crippen molar-refractivity contribution in [1.82, 2.24) is 0 Å². The Morgan fingerprint density at radius 3 is 1.94 bits per heavy atom. The highest BCUT2D eigenvalue weighted by molar-refractivity contribution is 6.22. The minimum atomic E-state index is -0.478. The van der Waals surface area contributed by atoms with Gasteiger partial charge in [-0.3, -0.25) is 14.5 Å². The zero-order valence-electron chi connectivity index (χ0n) is 17.9. The maximum Gasteiger partial charge on any atom is 0.343 e. The quantitative estimate of drug-likeness (QED) is 0.320. The van der Waals surface area contributed by atoms with Gasteiger partial charge in [0.25, 0.3) is 0 Å². The number of rotatable bonds is 3. The predicted molar refractivity (Wildman–Crippen MR) is 117 cm³/mol. The van der Waals surface area contributed by atoms with Crippen molar-refractivity contribution in [3.8, 4) is 5.75 Å². The van der Waals surface area contributed by atoms with Crippen LogP contribution in [0.15, 0.2) is 60.7 Å². The first-order chi connectivity index (χ1) is 14.7. The molecule has 1 saturated heterocycles. The van der Waals surface area contributed by atoms with Gasteiger partial charge in [-0.15, -0.1) is 0 Å². The third-order valence-corrected chi connectivity index (χ3v) is 6.76. The molecule has 2 fully saturated rings. The molecule has 2 aromatic carbocycles. The minimum absolute atomic E-state index is 0.0247. The van der Waals surface area contributed by atoms with Crippen molar-refractivity contribution in [2.75, 3.05) is 4.90 Å². The van der Waals surface area contributed by atoms with E-state index in [1.54, 1.807) is 36.4 Å². The number of esters is 1. The summed E-state index contributed by atoms with van der Waals surface area (Å²) < 4.78 is 5.48. The second-order valence-corrected chi connectivity index (χ2v) is 9.72. The number of imide groups is 1. The average molecular weight is 415 g/mol. The zero-order valence-corrected chi connectivity index (χ0v) is 17.9. The summed E-state index contributed by atoms with van der Waals surface area (Å²) in [7, 11) is 0. The van der Waals surface area contributed by atoms with E-state index in [9.17, 15) is 14.4 Å². The molecule has 0 unspecified atom stereocenters. The Labute approximate surface area is 181 Å². The van der Waals surface area contributed by atoms with E-state index in [-0.39, 0.29) is 40.9 Å². The lowest BCUT2D eigenvalue weighted by molar-refractivity contribution is -0.123. The van der Waals surface area contributed by atoms with E-state index in [1.807, 2.05) is 12.1 Å². The van der Waals surface area contributed by atoms with Gasteiger partial charge in [0.05, 0.1) is 23.1 Å². The van der Waals surface area contributed by atoms with Crippen LogP contribution in [0.25, 0.3) is 0 Å². The molecule has 0 spiro atoms. The van der Waals surface area contributed by atoms with Crippen LogP contribution < -0.4 is 9.64 Å². The van der Waals surface area contributed by atoms with E-state index in [2.05, 4.69) is 32.9 Å². The monoisotopic (exact) mass is 415 g/mol. The summed E-state index contributed by atoms with van der Waals surface area (Å²) in [6.07, 6.45) is 5.06. The topological polar surface area (TPSA) is 63.7 Å². The van der Waals surface area contributed by atoms with Gasteiger partial charge in [0.2, 0.25) is 11.8 Å². The molecule has 5 heteroatoms. The molecule has 158 valence electrons. The largest absolute Gasteiger partial charge is 0.423 e. The molecule has 4 atom stereocenters. The Balaban J connectivity index is 1.30. The van der Waals surface area contributed by atoms with Gasteiger partial charge >= 0.3 is 5.97 Å². The lowest BCUT2D eigenvalue weighted by Crippen LogP contribution is -2.32. The van der Waals surface area contributed by atoms with Gasteiger partial charge in [0.15, 0.2) is 0 Å². The molecule has 1 saturated carbocycles.